The molecule has 0 aliphatic carbocycles. The number of piperidine rings is 1. The SMILES string of the molecule is CN[C@@H]1C[C@@H](F)CN(c2nccn3c(-c4cc5nnn(C)c5cc4F)c(-c4ccc(C#N)c(F)c4)nc23)C1. The van der Waals surface area contributed by atoms with Crippen molar-refractivity contribution in [1.29, 1.82) is 5.26 Å². The van der Waals surface area contributed by atoms with Crippen molar-refractivity contribution in [2.24, 2.45) is 7.05 Å². The molecule has 2 aromatic carbocycles. The van der Waals surface area contributed by atoms with Gasteiger partial charge in [0, 0.05) is 49.2 Å². The van der Waals surface area contributed by atoms with Crippen molar-refractivity contribution in [3.05, 3.63) is 59.9 Å². The third kappa shape index (κ3) is 3.83. The number of anilines is 1. The second kappa shape index (κ2) is 9.11. The smallest absolute Gasteiger partial charge is 0.181 e. The summed E-state index contributed by atoms with van der Waals surface area (Å²) in [6.45, 7) is 0.639. The summed E-state index contributed by atoms with van der Waals surface area (Å²) < 4.78 is 48.1. The largest absolute Gasteiger partial charge is 0.349 e. The molecule has 1 N–H and O–H groups in total. The number of nitrogens with one attached hydrogen (secondary N) is 1. The maximum atomic E-state index is 15.7. The standard InChI is InChI=1S/C26H22F3N9/c1-31-17-8-16(27)12-37(13-17)25-26-33-23(14-3-4-15(11-30)19(28)7-14)24(38(26)6-5-32-25)18-9-21-22(10-20(18)29)36(2)35-34-21/h3-7,9-10,16-17,31H,8,12-13H2,1-2H3/t16-,17-/m1/s1. The third-order valence-electron chi connectivity index (χ3n) is 6.95. The van der Waals surface area contributed by atoms with Crippen LogP contribution in [0.5, 0.6) is 0 Å². The third-order valence-corrected chi connectivity index (χ3v) is 6.95. The van der Waals surface area contributed by atoms with E-state index in [2.05, 4.69) is 20.6 Å². The van der Waals surface area contributed by atoms with Crippen molar-refractivity contribution in [1.82, 2.24) is 34.7 Å². The number of nitrogens with zero attached hydrogens (tertiary/aromatic N) is 8. The van der Waals surface area contributed by atoms with E-state index >= 15 is 4.39 Å². The number of imidazole rings is 1. The molecule has 0 bridgehead atoms. The molecular formula is C26H22F3N9. The van der Waals surface area contributed by atoms with Crippen LogP contribution in [0.3, 0.4) is 0 Å². The van der Waals surface area contributed by atoms with Gasteiger partial charge in [-0.2, -0.15) is 5.26 Å². The summed E-state index contributed by atoms with van der Waals surface area (Å²) in [7, 11) is 3.45. The number of aryl methyl sites for hydroxylation is 1. The minimum atomic E-state index is -1.07. The van der Waals surface area contributed by atoms with E-state index in [-0.39, 0.29) is 29.4 Å². The number of likely N-dealkylation sites (N-methyl/N-ethyl adjacent to an activating group) is 1. The first-order valence-electron chi connectivity index (χ1n) is 12.0. The Balaban J connectivity index is 1.62. The lowest BCUT2D eigenvalue weighted by atomic mass is 10.0. The Morgan fingerprint density at radius 2 is 1.97 bits per heavy atom. The zero-order chi connectivity index (χ0) is 26.6. The van der Waals surface area contributed by atoms with Gasteiger partial charge < -0.3 is 10.2 Å². The molecule has 0 radical (unpaired) electrons. The van der Waals surface area contributed by atoms with E-state index in [9.17, 15) is 14.0 Å². The Labute approximate surface area is 215 Å². The summed E-state index contributed by atoms with van der Waals surface area (Å²) in [4.78, 5) is 11.1. The lowest BCUT2D eigenvalue weighted by Gasteiger charge is -2.35. The highest BCUT2D eigenvalue weighted by molar-refractivity contribution is 5.89. The summed E-state index contributed by atoms with van der Waals surface area (Å²) in [6, 6.07) is 8.75. The van der Waals surface area contributed by atoms with E-state index in [1.807, 2.05) is 11.0 Å². The number of aromatic nitrogens is 6. The number of hydrogen-bond acceptors (Lipinski definition) is 7. The average molecular weight is 518 g/mol. The maximum absolute atomic E-state index is 15.7. The number of hydrogen-bond donors (Lipinski definition) is 1. The molecule has 1 fully saturated rings. The van der Waals surface area contributed by atoms with Gasteiger partial charge in [-0.1, -0.05) is 11.3 Å². The van der Waals surface area contributed by atoms with Crippen LogP contribution in [0.1, 0.15) is 12.0 Å². The first kappa shape index (κ1) is 23.9. The van der Waals surface area contributed by atoms with Gasteiger partial charge >= 0.3 is 0 Å². The lowest BCUT2D eigenvalue weighted by molar-refractivity contribution is 0.254. The highest BCUT2D eigenvalue weighted by Crippen LogP contribution is 2.38. The van der Waals surface area contributed by atoms with Gasteiger partial charge in [0.25, 0.3) is 0 Å². The van der Waals surface area contributed by atoms with Crippen LogP contribution in [-0.2, 0) is 7.05 Å². The molecule has 12 heteroatoms. The molecule has 1 saturated heterocycles. The summed E-state index contributed by atoms with van der Waals surface area (Å²) in [5.74, 6) is -0.836. The van der Waals surface area contributed by atoms with Gasteiger partial charge in [0.05, 0.1) is 29.0 Å². The zero-order valence-electron chi connectivity index (χ0n) is 20.5. The van der Waals surface area contributed by atoms with E-state index in [1.165, 1.54) is 22.9 Å². The van der Waals surface area contributed by atoms with E-state index in [1.54, 1.807) is 43.0 Å². The number of rotatable bonds is 4. The van der Waals surface area contributed by atoms with Gasteiger partial charge in [0.1, 0.15) is 29.4 Å². The molecule has 0 unspecified atom stereocenters. The Hall–Kier alpha value is -4.50. The molecule has 0 spiro atoms. The fourth-order valence-corrected chi connectivity index (χ4v) is 5.05. The fourth-order valence-electron chi connectivity index (χ4n) is 5.05. The Bertz CT molecular complexity index is 1740. The van der Waals surface area contributed by atoms with Crippen molar-refractivity contribution in [3.8, 4) is 28.6 Å². The second-order valence-electron chi connectivity index (χ2n) is 9.32. The highest BCUT2D eigenvalue weighted by atomic mass is 19.1. The van der Waals surface area contributed by atoms with Crippen LogP contribution in [0.25, 0.3) is 39.2 Å². The Kier molecular flexibility index (Phi) is 5.72. The molecule has 9 nitrogen and oxygen atoms in total. The van der Waals surface area contributed by atoms with E-state index in [4.69, 9.17) is 4.98 Å². The number of nitriles is 1. The van der Waals surface area contributed by atoms with Crippen molar-refractivity contribution in [2.45, 2.75) is 18.6 Å². The number of halogens is 3. The quantitative estimate of drug-likeness (QED) is 0.389. The zero-order valence-corrected chi connectivity index (χ0v) is 20.5. The van der Waals surface area contributed by atoms with Crippen LogP contribution in [-0.4, -0.2) is 61.7 Å². The molecule has 3 aromatic heterocycles. The molecule has 1 aliphatic rings. The lowest BCUT2D eigenvalue weighted by Crippen LogP contribution is -2.49. The first-order chi connectivity index (χ1) is 18.4. The van der Waals surface area contributed by atoms with Gasteiger partial charge in [-0.15, -0.1) is 5.10 Å². The first-order valence-corrected chi connectivity index (χ1v) is 12.0. The van der Waals surface area contributed by atoms with Gasteiger partial charge in [0.15, 0.2) is 11.5 Å². The Morgan fingerprint density at radius 1 is 1.13 bits per heavy atom. The molecule has 0 saturated carbocycles. The number of alkyl halides is 1. The van der Waals surface area contributed by atoms with Gasteiger partial charge in [-0.05, 0) is 31.7 Å². The maximum Gasteiger partial charge on any atom is 0.181 e. The summed E-state index contributed by atoms with van der Waals surface area (Å²) in [5.41, 5.74) is 2.38. The van der Waals surface area contributed by atoms with Gasteiger partial charge in [-0.25, -0.2) is 27.8 Å². The van der Waals surface area contributed by atoms with E-state index in [0.717, 1.165) is 0 Å². The molecule has 38 heavy (non-hydrogen) atoms. The Morgan fingerprint density at radius 3 is 2.74 bits per heavy atom. The predicted molar refractivity (Wildman–Crippen MR) is 135 cm³/mol. The topological polar surface area (TPSA) is 100.0 Å². The fraction of sp³-hybridized carbons (Fsp3) is 0.269. The molecule has 1 aliphatic heterocycles. The normalized spacial score (nSPS) is 17.8. The second-order valence-corrected chi connectivity index (χ2v) is 9.32. The molecule has 192 valence electrons. The molecular weight excluding hydrogens is 495 g/mol. The molecule has 6 rings (SSSR count). The van der Waals surface area contributed by atoms with Gasteiger partial charge in [-0.3, -0.25) is 4.40 Å². The van der Waals surface area contributed by atoms with Crippen molar-refractivity contribution in [3.63, 3.8) is 0 Å². The summed E-state index contributed by atoms with van der Waals surface area (Å²) in [6.07, 6.45) is 2.50. The minimum Gasteiger partial charge on any atom is -0.349 e. The highest BCUT2D eigenvalue weighted by Gasteiger charge is 2.30. The van der Waals surface area contributed by atoms with Gasteiger partial charge in [0.2, 0.25) is 0 Å². The average Bonchev–Trinajstić information content (AvgIpc) is 3.47. The van der Waals surface area contributed by atoms with Crippen LogP contribution in [0.15, 0.2) is 42.7 Å². The predicted octanol–water partition coefficient (Wildman–Crippen LogP) is 3.63. The molecule has 2 atom stereocenters. The molecule has 4 heterocycles. The van der Waals surface area contributed by atoms with Crippen LogP contribution >= 0.6 is 0 Å². The summed E-state index contributed by atoms with van der Waals surface area (Å²) >= 11 is 0. The minimum absolute atomic E-state index is 0.0844. The monoisotopic (exact) mass is 517 g/mol. The van der Waals surface area contributed by atoms with Crippen LogP contribution in [0, 0.1) is 23.0 Å². The van der Waals surface area contributed by atoms with Crippen LogP contribution in [0.4, 0.5) is 19.0 Å². The van der Waals surface area contributed by atoms with E-state index in [0.29, 0.717) is 46.7 Å². The summed E-state index contributed by atoms with van der Waals surface area (Å²) in [5, 5.41) is 20.4. The van der Waals surface area contributed by atoms with Crippen LogP contribution < -0.4 is 10.2 Å². The molecule has 0 amide bonds. The number of benzene rings is 2. The van der Waals surface area contributed by atoms with Crippen molar-refractivity contribution in [2.75, 3.05) is 25.0 Å². The van der Waals surface area contributed by atoms with Crippen LogP contribution in [0.2, 0.25) is 0 Å². The van der Waals surface area contributed by atoms with Crippen molar-refractivity contribution < 1.29 is 13.2 Å². The van der Waals surface area contributed by atoms with Crippen molar-refractivity contribution >= 4 is 22.5 Å². The molecule has 5 aromatic rings. The van der Waals surface area contributed by atoms with E-state index < -0.39 is 17.8 Å². The number of fused-ring (bicyclic) bond motifs is 2.